The minimum Gasteiger partial charge on any atom is -0.355 e. The molecule has 0 radical (unpaired) electrons. The van der Waals surface area contributed by atoms with E-state index in [-0.39, 0.29) is 0 Å². The molecular weight excluding hydrogens is 540 g/mol. The first-order chi connectivity index (χ1) is 20.1. The van der Waals surface area contributed by atoms with E-state index in [9.17, 15) is 0 Å². The molecule has 3 nitrogen and oxygen atoms in total. The molecule has 0 aliphatic rings. The number of benzene rings is 6. The van der Waals surface area contributed by atoms with Crippen LogP contribution in [0.4, 0.5) is 0 Å². The van der Waals surface area contributed by atoms with E-state index in [1.165, 1.54) is 0 Å². The first-order valence-electron chi connectivity index (χ1n) is 13.6. The van der Waals surface area contributed by atoms with E-state index in [0.29, 0.717) is 0 Å². The number of aromatic nitrogens is 1. The topological polar surface area (TPSA) is 49.9 Å². The van der Waals surface area contributed by atoms with Crippen molar-refractivity contribution in [1.29, 1.82) is 0 Å². The van der Waals surface area contributed by atoms with Crippen molar-refractivity contribution in [2.24, 2.45) is 0 Å². The van der Waals surface area contributed by atoms with Crippen LogP contribution >= 0.6 is 14.3 Å². The SMILES string of the molecule is O=P(c1ccccc1)(c1ccccc1)c1ccc2[nH]c3ccc(P(=O)(c4ccccc4)c4ccccc4)cc3c2c1. The minimum absolute atomic E-state index is 0.767. The van der Waals surface area contributed by atoms with Crippen LogP contribution in [0.15, 0.2) is 158 Å². The summed E-state index contributed by atoms with van der Waals surface area (Å²) in [5.41, 5.74) is 1.89. The summed E-state index contributed by atoms with van der Waals surface area (Å²) < 4.78 is 30.1. The van der Waals surface area contributed by atoms with E-state index in [1.807, 2.05) is 146 Å². The monoisotopic (exact) mass is 567 g/mol. The Morgan fingerprint density at radius 1 is 0.341 bits per heavy atom. The quantitative estimate of drug-likeness (QED) is 0.230. The van der Waals surface area contributed by atoms with Gasteiger partial charge in [-0.15, -0.1) is 0 Å². The Morgan fingerprint density at radius 3 is 0.927 bits per heavy atom. The Labute approximate surface area is 239 Å². The van der Waals surface area contributed by atoms with E-state index in [1.54, 1.807) is 0 Å². The van der Waals surface area contributed by atoms with E-state index in [4.69, 9.17) is 0 Å². The van der Waals surface area contributed by atoms with Gasteiger partial charge in [0, 0.05) is 53.6 Å². The number of H-pyrrole nitrogens is 1. The van der Waals surface area contributed by atoms with Crippen LogP contribution in [0.1, 0.15) is 0 Å². The van der Waals surface area contributed by atoms with Crippen LogP contribution in [0.25, 0.3) is 21.8 Å². The van der Waals surface area contributed by atoms with Crippen molar-refractivity contribution in [3.63, 3.8) is 0 Å². The van der Waals surface area contributed by atoms with Gasteiger partial charge < -0.3 is 14.1 Å². The average molecular weight is 568 g/mol. The third kappa shape index (κ3) is 4.21. The Bertz CT molecular complexity index is 1850. The highest BCUT2D eigenvalue weighted by atomic mass is 31.2. The number of hydrogen-bond acceptors (Lipinski definition) is 2. The summed E-state index contributed by atoms with van der Waals surface area (Å²) in [7, 11) is -6.29. The van der Waals surface area contributed by atoms with E-state index < -0.39 is 14.3 Å². The molecule has 0 bridgehead atoms. The molecule has 1 N–H and O–H groups in total. The Hall–Kier alpha value is -4.42. The summed E-state index contributed by atoms with van der Waals surface area (Å²) in [5.74, 6) is 0. The molecule has 1 heterocycles. The highest BCUT2D eigenvalue weighted by Gasteiger charge is 2.32. The number of hydrogen-bond donors (Lipinski definition) is 1. The molecule has 0 amide bonds. The van der Waals surface area contributed by atoms with Crippen molar-refractivity contribution in [2.75, 3.05) is 0 Å². The van der Waals surface area contributed by atoms with Crippen LogP contribution in [0, 0.1) is 0 Å². The fourth-order valence-corrected chi connectivity index (χ4v) is 11.1. The summed E-state index contributed by atoms with van der Waals surface area (Å²) in [5, 5.41) is 6.63. The van der Waals surface area contributed by atoms with Crippen molar-refractivity contribution in [3.05, 3.63) is 158 Å². The molecule has 0 fully saturated rings. The predicted octanol–water partition coefficient (Wildman–Crippen LogP) is 6.60. The molecule has 5 heteroatoms. The lowest BCUT2D eigenvalue weighted by Crippen LogP contribution is -2.25. The highest BCUT2D eigenvalue weighted by Crippen LogP contribution is 2.45. The van der Waals surface area contributed by atoms with Gasteiger partial charge in [-0.05, 0) is 36.4 Å². The first kappa shape index (κ1) is 25.5. The van der Waals surface area contributed by atoms with Gasteiger partial charge in [0.2, 0.25) is 0 Å². The van der Waals surface area contributed by atoms with Gasteiger partial charge in [0.05, 0.1) is 0 Å². The molecule has 41 heavy (non-hydrogen) atoms. The van der Waals surface area contributed by atoms with Gasteiger partial charge in [0.15, 0.2) is 14.3 Å². The third-order valence-electron chi connectivity index (χ3n) is 7.77. The van der Waals surface area contributed by atoms with Crippen molar-refractivity contribution in [3.8, 4) is 0 Å². The summed E-state index contributed by atoms with van der Waals surface area (Å²) in [4.78, 5) is 3.52. The second kappa shape index (κ2) is 10.2. The molecule has 7 rings (SSSR count). The lowest BCUT2D eigenvalue weighted by atomic mass is 10.1. The van der Waals surface area contributed by atoms with Gasteiger partial charge >= 0.3 is 0 Å². The lowest BCUT2D eigenvalue weighted by molar-refractivity contribution is 0.591. The maximum Gasteiger partial charge on any atom is 0.171 e. The van der Waals surface area contributed by atoms with Gasteiger partial charge in [0.1, 0.15) is 0 Å². The average Bonchev–Trinajstić information content (AvgIpc) is 3.43. The predicted molar refractivity (Wildman–Crippen MR) is 175 cm³/mol. The fourth-order valence-electron chi connectivity index (χ4n) is 5.71. The summed E-state index contributed by atoms with van der Waals surface area (Å²) in [6, 6.07) is 50.9. The second-order valence-electron chi connectivity index (χ2n) is 10.1. The largest absolute Gasteiger partial charge is 0.355 e. The Balaban J connectivity index is 1.47. The maximum atomic E-state index is 15.1. The van der Waals surface area contributed by atoms with Crippen LogP contribution in [0.5, 0.6) is 0 Å². The molecule has 0 saturated carbocycles. The number of aromatic amines is 1. The maximum absolute atomic E-state index is 15.1. The molecule has 0 saturated heterocycles. The van der Waals surface area contributed by atoms with Gasteiger partial charge in [-0.3, -0.25) is 0 Å². The van der Waals surface area contributed by atoms with Gasteiger partial charge in [0.25, 0.3) is 0 Å². The summed E-state index contributed by atoms with van der Waals surface area (Å²) in [6.07, 6.45) is 0. The molecule has 0 atom stereocenters. The molecule has 0 aliphatic carbocycles. The smallest absolute Gasteiger partial charge is 0.171 e. The van der Waals surface area contributed by atoms with Crippen molar-refractivity contribution in [1.82, 2.24) is 4.98 Å². The van der Waals surface area contributed by atoms with Crippen LogP contribution in [0.2, 0.25) is 0 Å². The van der Waals surface area contributed by atoms with Gasteiger partial charge in [-0.25, -0.2) is 0 Å². The Kier molecular flexibility index (Phi) is 6.36. The molecule has 198 valence electrons. The summed E-state index contributed by atoms with van der Waals surface area (Å²) >= 11 is 0. The molecular formula is C36H27NO2P2. The molecule has 1 aromatic heterocycles. The standard InChI is InChI=1S/C36H27NO2P2/c38-40(27-13-5-1-6-14-27,28-15-7-2-8-16-28)31-21-23-35-33(25-31)34-26-32(22-24-36(34)37-35)41(39,29-17-9-3-10-18-29)30-19-11-4-12-20-30/h1-26,37H. The number of fused-ring (bicyclic) bond motifs is 3. The zero-order chi connectivity index (χ0) is 27.9. The van der Waals surface area contributed by atoms with E-state index in [0.717, 1.165) is 53.6 Å². The van der Waals surface area contributed by atoms with Gasteiger partial charge in [-0.1, -0.05) is 121 Å². The van der Waals surface area contributed by atoms with Crippen LogP contribution in [-0.2, 0) is 9.13 Å². The van der Waals surface area contributed by atoms with Gasteiger partial charge in [-0.2, -0.15) is 0 Å². The lowest BCUT2D eigenvalue weighted by Gasteiger charge is -2.20. The van der Waals surface area contributed by atoms with E-state index >= 15 is 9.13 Å². The first-order valence-corrected chi connectivity index (χ1v) is 17.0. The number of rotatable bonds is 6. The molecule has 7 aromatic rings. The third-order valence-corrected chi connectivity index (χ3v) is 13.9. The minimum atomic E-state index is -3.14. The van der Waals surface area contributed by atoms with Crippen molar-refractivity contribution in [2.45, 2.75) is 0 Å². The number of nitrogens with one attached hydrogen (secondary N) is 1. The highest BCUT2D eigenvalue weighted by molar-refractivity contribution is 7.85. The Morgan fingerprint density at radius 2 is 0.634 bits per heavy atom. The van der Waals surface area contributed by atoms with E-state index in [2.05, 4.69) is 17.1 Å². The van der Waals surface area contributed by atoms with Crippen LogP contribution in [-0.4, -0.2) is 4.98 Å². The van der Waals surface area contributed by atoms with Crippen LogP contribution in [0.3, 0.4) is 0 Å². The summed E-state index contributed by atoms with van der Waals surface area (Å²) in [6.45, 7) is 0. The zero-order valence-electron chi connectivity index (χ0n) is 22.2. The normalized spacial score (nSPS) is 12.1. The molecule has 0 aliphatic heterocycles. The van der Waals surface area contributed by atoms with Crippen LogP contribution < -0.4 is 31.8 Å². The fraction of sp³-hybridized carbons (Fsp3) is 0. The van der Waals surface area contributed by atoms with Crippen molar-refractivity contribution >= 4 is 67.9 Å². The second-order valence-corrected chi connectivity index (χ2v) is 15.7. The molecule has 0 unspecified atom stereocenters. The zero-order valence-corrected chi connectivity index (χ0v) is 24.0. The molecule has 6 aromatic carbocycles. The van der Waals surface area contributed by atoms with Crippen molar-refractivity contribution < 1.29 is 9.13 Å². The molecule has 0 spiro atoms.